The molecule has 0 bridgehead atoms. The number of rotatable bonds is 18. The molecule has 0 N–H and O–H groups in total. The van der Waals surface area contributed by atoms with Gasteiger partial charge in [-0.05, 0) is 52.8 Å². The predicted octanol–water partition coefficient (Wildman–Crippen LogP) is 4.18. The molecule has 18 nitrogen and oxygen atoms in total. The Morgan fingerprint density at radius 2 is 0.933 bits per heavy atom. The Morgan fingerprint density at radius 3 is 1.35 bits per heavy atom. The van der Waals surface area contributed by atoms with E-state index in [0.29, 0.717) is 16.7 Å². The molecule has 0 amide bonds. The third-order valence-corrected chi connectivity index (χ3v) is 9.06. The van der Waals surface area contributed by atoms with Crippen molar-refractivity contribution in [1.29, 1.82) is 0 Å². The average Bonchev–Trinajstić information content (AvgIpc) is 3.84. The van der Waals surface area contributed by atoms with Crippen LogP contribution >= 0.6 is 0 Å². The van der Waals surface area contributed by atoms with Crippen LogP contribution < -0.4 is 57.4 Å². The van der Waals surface area contributed by atoms with Gasteiger partial charge in [-0.15, -0.1) is 0 Å². The monoisotopic (exact) mass is 862 g/mol. The maximum absolute atomic E-state index is 13.5. The summed E-state index contributed by atoms with van der Waals surface area (Å²) in [7, 11) is -2.42. The van der Waals surface area contributed by atoms with E-state index in [1.54, 1.807) is 46.8 Å². The third kappa shape index (κ3) is 9.39. The van der Waals surface area contributed by atoms with Gasteiger partial charge in [0, 0.05) is 34.4 Å². The van der Waals surface area contributed by atoms with E-state index in [-0.39, 0.29) is 141 Å². The SMILES string of the molecule is CCOC(=O)c1c(C)oc2cc(OC)c(OCc3oc4cc(OC)c(OCc5oc6cc(OCC)c(OS(=O)(=O)[O-])cc6c5C(=O)OCC)cc4c3C(=O)OCC)cc12.[Na+]. The molecular formula is C40H39NaO18S. The molecular weight excluding hydrogens is 823 g/mol. The molecule has 0 aliphatic heterocycles. The molecule has 3 heterocycles. The molecule has 20 heteroatoms. The molecule has 0 aliphatic carbocycles. The summed E-state index contributed by atoms with van der Waals surface area (Å²) in [5.74, 6) is -1.67. The normalized spacial score (nSPS) is 11.3. The summed E-state index contributed by atoms with van der Waals surface area (Å²) in [6.45, 7) is 7.71. The first-order chi connectivity index (χ1) is 28.2. The molecule has 0 fully saturated rings. The Hall–Kier alpha value is -5.60. The van der Waals surface area contributed by atoms with Gasteiger partial charge in [0.05, 0.1) is 40.6 Å². The summed E-state index contributed by atoms with van der Waals surface area (Å²) in [6.07, 6.45) is 0. The second-order valence-electron chi connectivity index (χ2n) is 12.3. The van der Waals surface area contributed by atoms with Crippen LogP contribution in [-0.2, 0) is 37.8 Å². The van der Waals surface area contributed by atoms with Gasteiger partial charge in [-0.3, -0.25) is 0 Å². The van der Waals surface area contributed by atoms with Crippen molar-refractivity contribution < 1.29 is 112 Å². The molecule has 0 atom stereocenters. The van der Waals surface area contributed by atoms with Crippen LogP contribution in [0.3, 0.4) is 0 Å². The van der Waals surface area contributed by atoms with Crippen LogP contribution in [0.1, 0.15) is 76.0 Å². The van der Waals surface area contributed by atoms with E-state index >= 15 is 0 Å². The fraction of sp³-hybridized carbons (Fsp3) is 0.325. The van der Waals surface area contributed by atoms with Gasteiger partial charge in [0.1, 0.15) is 52.4 Å². The van der Waals surface area contributed by atoms with Gasteiger partial charge in [-0.25, -0.2) is 22.8 Å². The van der Waals surface area contributed by atoms with Gasteiger partial charge >= 0.3 is 47.5 Å². The van der Waals surface area contributed by atoms with Crippen LogP contribution in [0.4, 0.5) is 0 Å². The second kappa shape index (κ2) is 19.2. The minimum Gasteiger partial charge on any atom is -0.716 e. The number of furan rings is 3. The number of hydrogen-bond donors (Lipinski definition) is 0. The first kappa shape index (κ1) is 45.5. The molecule has 60 heavy (non-hydrogen) atoms. The molecule has 314 valence electrons. The first-order valence-electron chi connectivity index (χ1n) is 18.1. The quantitative estimate of drug-likeness (QED) is 0.0388. The Morgan fingerprint density at radius 1 is 0.550 bits per heavy atom. The van der Waals surface area contributed by atoms with E-state index < -0.39 is 40.7 Å². The van der Waals surface area contributed by atoms with Crippen molar-refractivity contribution in [3.8, 4) is 34.5 Å². The van der Waals surface area contributed by atoms with Crippen LogP contribution in [0.5, 0.6) is 34.5 Å². The summed E-state index contributed by atoms with van der Waals surface area (Å²) < 4.78 is 102. The van der Waals surface area contributed by atoms with Crippen LogP contribution in [0, 0.1) is 6.92 Å². The Kier molecular flexibility index (Phi) is 14.6. The van der Waals surface area contributed by atoms with Crippen molar-refractivity contribution in [2.45, 2.75) is 47.8 Å². The minimum absolute atomic E-state index is 0. The zero-order valence-electron chi connectivity index (χ0n) is 34.0. The van der Waals surface area contributed by atoms with E-state index in [4.69, 9.17) is 51.1 Å². The van der Waals surface area contributed by atoms with Gasteiger partial charge in [-0.1, -0.05) is 0 Å². The van der Waals surface area contributed by atoms with Crippen LogP contribution in [0.25, 0.3) is 32.9 Å². The number of ether oxygens (including phenoxy) is 8. The van der Waals surface area contributed by atoms with Gasteiger partial charge in [0.15, 0.2) is 46.0 Å². The largest absolute Gasteiger partial charge is 1.00 e. The molecule has 6 rings (SSSR count). The predicted molar refractivity (Wildman–Crippen MR) is 205 cm³/mol. The summed E-state index contributed by atoms with van der Waals surface area (Å²) in [5, 5.41) is 0.729. The second-order valence-corrected chi connectivity index (χ2v) is 13.3. The average molecular weight is 863 g/mol. The van der Waals surface area contributed by atoms with E-state index in [0.717, 1.165) is 6.07 Å². The molecule has 3 aromatic carbocycles. The molecule has 0 saturated heterocycles. The molecule has 6 aromatic rings. The molecule has 3 aromatic heterocycles. The zero-order valence-corrected chi connectivity index (χ0v) is 36.8. The molecule has 0 saturated carbocycles. The van der Waals surface area contributed by atoms with E-state index in [1.807, 2.05) is 0 Å². The number of fused-ring (bicyclic) bond motifs is 3. The van der Waals surface area contributed by atoms with Crippen molar-refractivity contribution in [2.24, 2.45) is 0 Å². The summed E-state index contributed by atoms with van der Waals surface area (Å²) in [6, 6.07) is 8.48. The van der Waals surface area contributed by atoms with E-state index in [9.17, 15) is 27.4 Å². The molecule has 0 radical (unpaired) electrons. The van der Waals surface area contributed by atoms with Crippen LogP contribution in [0.15, 0.2) is 49.6 Å². The fourth-order valence-corrected chi connectivity index (χ4v) is 6.68. The van der Waals surface area contributed by atoms with Crippen molar-refractivity contribution in [3.05, 3.63) is 70.4 Å². The third-order valence-electron chi connectivity index (χ3n) is 8.67. The molecule has 0 spiro atoms. The summed E-state index contributed by atoms with van der Waals surface area (Å²) >= 11 is 0. The maximum atomic E-state index is 13.5. The molecule has 0 unspecified atom stereocenters. The minimum atomic E-state index is -5.23. The number of benzene rings is 3. The number of methoxy groups -OCH3 is 2. The van der Waals surface area contributed by atoms with Crippen LogP contribution in [0.2, 0.25) is 0 Å². The van der Waals surface area contributed by atoms with Gasteiger partial charge < -0.3 is 59.9 Å². The first-order valence-corrected chi connectivity index (χ1v) is 19.5. The van der Waals surface area contributed by atoms with Gasteiger partial charge in [-0.2, -0.15) is 0 Å². The van der Waals surface area contributed by atoms with Crippen molar-refractivity contribution in [2.75, 3.05) is 40.6 Å². The zero-order chi connectivity index (χ0) is 42.6. The summed E-state index contributed by atoms with van der Waals surface area (Å²) in [4.78, 5) is 39.5. The topological polar surface area (TPSA) is 231 Å². The standard InChI is InChI=1S/C40H40O18S.Na/c1-8-49-31-17-26-23(14-32(31)58-59(44,45)46)37(40(43)52-11-4)34(57-26)19-54-30-13-22-25(16-28(30)48-7)56-33(36(22)39(42)51-10-3)18-53-29-12-21-24(15-27(29)47-6)55-20(5)35(21)38(41)50-9-2;/h12-17H,8-11,18-19H2,1-7H3,(H,44,45,46);/q;+1/p-1. The smallest absolute Gasteiger partial charge is 0.716 e. The Balaban J connectivity index is 0.00000683. The van der Waals surface area contributed by atoms with Crippen molar-refractivity contribution >= 4 is 61.2 Å². The van der Waals surface area contributed by atoms with E-state index in [1.165, 1.54) is 32.4 Å². The van der Waals surface area contributed by atoms with Crippen LogP contribution in [-0.4, -0.2) is 71.5 Å². The number of aryl methyl sites for hydroxylation is 1. The Labute approximate surface area is 365 Å². The summed E-state index contributed by atoms with van der Waals surface area (Å²) in [5.41, 5.74) is 0.737. The maximum Gasteiger partial charge on any atom is 1.00 e. The Bertz CT molecular complexity index is 2670. The fourth-order valence-electron chi connectivity index (χ4n) is 6.33. The van der Waals surface area contributed by atoms with Crippen molar-refractivity contribution in [3.63, 3.8) is 0 Å². The van der Waals surface area contributed by atoms with Gasteiger partial charge in [0.25, 0.3) is 10.4 Å². The van der Waals surface area contributed by atoms with Gasteiger partial charge in [0.2, 0.25) is 0 Å². The number of carbonyl (C=O) groups is 3. The molecule has 0 aliphatic rings. The van der Waals surface area contributed by atoms with Crippen molar-refractivity contribution in [1.82, 2.24) is 0 Å². The number of carbonyl (C=O) groups excluding carboxylic acids is 3. The number of esters is 3. The van der Waals surface area contributed by atoms with E-state index in [2.05, 4.69) is 4.18 Å². The number of hydrogen-bond acceptors (Lipinski definition) is 18.